The van der Waals surface area contributed by atoms with Gasteiger partial charge in [0.2, 0.25) is 0 Å². The first-order valence-corrected chi connectivity index (χ1v) is 7.48. The second-order valence-electron chi connectivity index (χ2n) is 6.64. The summed E-state index contributed by atoms with van der Waals surface area (Å²) in [5, 5.41) is 0. The van der Waals surface area contributed by atoms with Crippen molar-refractivity contribution in [2.24, 2.45) is 11.7 Å². The van der Waals surface area contributed by atoms with Gasteiger partial charge in [-0.2, -0.15) is 0 Å². The van der Waals surface area contributed by atoms with E-state index in [9.17, 15) is 0 Å². The lowest BCUT2D eigenvalue weighted by atomic mass is 9.90. The van der Waals surface area contributed by atoms with Gasteiger partial charge in [-0.3, -0.25) is 4.90 Å². The van der Waals surface area contributed by atoms with Crippen LogP contribution in [0.5, 0.6) is 0 Å². The van der Waals surface area contributed by atoms with Crippen LogP contribution in [0, 0.1) is 5.92 Å². The number of benzene rings is 1. The van der Waals surface area contributed by atoms with E-state index in [0.29, 0.717) is 6.04 Å². The summed E-state index contributed by atoms with van der Waals surface area (Å²) < 4.78 is 0. The molecule has 1 atom stereocenters. The second kappa shape index (κ2) is 5.64. The van der Waals surface area contributed by atoms with E-state index in [4.69, 9.17) is 5.73 Å². The normalized spacial score (nSPS) is 18.9. The van der Waals surface area contributed by atoms with Gasteiger partial charge in [0.1, 0.15) is 0 Å². The van der Waals surface area contributed by atoms with Gasteiger partial charge in [-0.05, 0) is 50.3 Å². The molecule has 19 heavy (non-hydrogen) atoms. The quantitative estimate of drug-likeness (QED) is 0.882. The summed E-state index contributed by atoms with van der Waals surface area (Å²) in [5.41, 5.74) is 9.26. The molecular formula is C17H28N2. The summed E-state index contributed by atoms with van der Waals surface area (Å²) in [4.78, 5) is 2.53. The standard InChI is InChI=1S/C17H28N2/c1-13(2)9-14(3)19(4)17(12-18)10-15-7-5-6-8-16(15)11-17/h5-8,13-14H,9-12,18H2,1-4H3. The molecule has 106 valence electrons. The molecule has 0 heterocycles. The summed E-state index contributed by atoms with van der Waals surface area (Å²) in [5.74, 6) is 0.732. The molecule has 2 nitrogen and oxygen atoms in total. The van der Waals surface area contributed by atoms with E-state index in [1.807, 2.05) is 0 Å². The van der Waals surface area contributed by atoms with Crippen LogP contribution in [0.4, 0.5) is 0 Å². The van der Waals surface area contributed by atoms with Crippen molar-refractivity contribution in [3.63, 3.8) is 0 Å². The topological polar surface area (TPSA) is 29.3 Å². The zero-order valence-corrected chi connectivity index (χ0v) is 12.8. The molecule has 0 spiro atoms. The van der Waals surface area contributed by atoms with Crippen molar-refractivity contribution in [3.8, 4) is 0 Å². The molecule has 2 heteroatoms. The Morgan fingerprint density at radius 1 is 1.16 bits per heavy atom. The van der Waals surface area contributed by atoms with E-state index in [2.05, 4.69) is 57.0 Å². The van der Waals surface area contributed by atoms with Gasteiger partial charge in [0.15, 0.2) is 0 Å². The van der Waals surface area contributed by atoms with Crippen LogP contribution in [-0.2, 0) is 12.8 Å². The third kappa shape index (κ3) is 2.85. The fraction of sp³-hybridized carbons (Fsp3) is 0.647. The zero-order valence-electron chi connectivity index (χ0n) is 12.8. The average molecular weight is 260 g/mol. The monoisotopic (exact) mass is 260 g/mol. The molecule has 2 N–H and O–H groups in total. The van der Waals surface area contributed by atoms with E-state index in [1.165, 1.54) is 17.5 Å². The molecule has 0 amide bonds. The van der Waals surface area contributed by atoms with Gasteiger partial charge in [-0.1, -0.05) is 38.1 Å². The van der Waals surface area contributed by atoms with E-state index in [0.717, 1.165) is 25.3 Å². The molecular weight excluding hydrogens is 232 g/mol. The van der Waals surface area contributed by atoms with Gasteiger partial charge < -0.3 is 5.73 Å². The van der Waals surface area contributed by atoms with Gasteiger partial charge in [0.25, 0.3) is 0 Å². The molecule has 0 radical (unpaired) electrons. The largest absolute Gasteiger partial charge is 0.329 e. The fourth-order valence-electron chi connectivity index (χ4n) is 3.52. The molecule has 0 saturated heterocycles. The van der Waals surface area contributed by atoms with Crippen molar-refractivity contribution in [2.45, 2.75) is 51.6 Å². The highest BCUT2D eigenvalue weighted by Crippen LogP contribution is 2.35. The van der Waals surface area contributed by atoms with Crippen LogP contribution < -0.4 is 5.73 Å². The molecule has 0 saturated carbocycles. The van der Waals surface area contributed by atoms with Crippen LogP contribution in [0.3, 0.4) is 0 Å². The average Bonchev–Trinajstić information content (AvgIpc) is 2.76. The molecule has 2 rings (SSSR count). The number of hydrogen-bond acceptors (Lipinski definition) is 2. The molecule has 0 fully saturated rings. The lowest BCUT2D eigenvalue weighted by Crippen LogP contribution is -2.56. The fourth-order valence-corrected chi connectivity index (χ4v) is 3.52. The highest BCUT2D eigenvalue weighted by molar-refractivity contribution is 5.36. The second-order valence-corrected chi connectivity index (χ2v) is 6.64. The van der Waals surface area contributed by atoms with Crippen LogP contribution in [0.2, 0.25) is 0 Å². The van der Waals surface area contributed by atoms with Crippen LogP contribution in [0.25, 0.3) is 0 Å². The molecule has 0 aliphatic heterocycles. The minimum Gasteiger partial charge on any atom is -0.329 e. The highest BCUT2D eigenvalue weighted by Gasteiger charge is 2.41. The summed E-state index contributed by atoms with van der Waals surface area (Å²) >= 11 is 0. The molecule has 1 aromatic rings. The number of rotatable bonds is 5. The van der Waals surface area contributed by atoms with Crippen LogP contribution in [-0.4, -0.2) is 30.1 Å². The van der Waals surface area contributed by atoms with Crippen molar-refractivity contribution < 1.29 is 0 Å². The number of nitrogens with zero attached hydrogens (tertiary/aromatic N) is 1. The lowest BCUT2D eigenvalue weighted by Gasteiger charge is -2.42. The van der Waals surface area contributed by atoms with Crippen molar-refractivity contribution >= 4 is 0 Å². The van der Waals surface area contributed by atoms with Gasteiger partial charge in [-0.25, -0.2) is 0 Å². The van der Waals surface area contributed by atoms with Crippen molar-refractivity contribution in [3.05, 3.63) is 35.4 Å². The van der Waals surface area contributed by atoms with Crippen LogP contribution in [0.1, 0.15) is 38.3 Å². The van der Waals surface area contributed by atoms with Gasteiger partial charge in [0.05, 0.1) is 0 Å². The Labute approximate surface area is 118 Å². The first-order valence-electron chi connectivity index (χ1n) is 7.48. The van der Waals surface area contributed by atoms with Gasteiger partial charge >= 0.3 is 0 Å². The Morgan fingerprint density at radius 2 is 1.68 bits per heavy atom. The third-order valence-corrected chi connectivity index (χ3v) is 4.76. The number of hydrogen-bond donors (Lipinski definition) is 1. The third-order valence-electron chi connectivity index (χ3n) is 4.76. The summed E-state index contributed by atoms with van der Waals surface area (Å²) in [6.45, 7) is 7.66. The summed E-state index contributed by atoms with van der Waals surface area (Å²) in [7, 11) is 2.26. The van der Waals surface area contributed by atoms with Gasteiger partial charge in [-0.15, -0.1) is 0 Å². The van der Waals surface area contributed by atoms with Crippen molar-refractivity contribution in [2.75, 3.05) is 13.6 Å². The Balaban J connectivity index is 2.17. The first-order chi connectivity index (χ1) is 8.98. The minimum absolute atomic E-state index is 0.123. The van der Waals surface area contributed by atoms with Crippen molar-refractivity contribution in [1.82, 2.24) is 4.90 Å². The maximum absolute atomic E-state index is 6.18. The number of nitrogens with two attached hydrogens (primary N) is 1. The van der Waals surface area contributed by atoms with E-state index < -0.39 is 0 Å². The SMILES string of the molecule is CC(C)CC(C)N(C)C1(CN)Cc2ccccc2C1. The maximum Gasteiger partial charge on any atom is 0.0412 e. The van der Waals surface area contributed by atoms with Crippen LogP contribution in [0.15, 0.2) is 24.3 Å². The van der Waals surface area contributed by atoms with Gasteiger partial charge in [0, 0.05) is 18.1 Å². The first kappa shape index (κ1) is 14.5. The predicted molar refractivity (Wildman–Crippen MR) is 82.3 cm³/mol. The number of likely N-dealkylation sites (N-methyl/N-ethyl adjacent to an activating group) is 1. The molecule has 1 aliphatic rings. The predicted octanol–water partition coefficient (Wildman–Crippen LogP) is 2.85. The number of fused-ring (bicyclic) bond motifs is 1. The Bertz CT molecular complexity index is 400. The maximum atomic E-state index is 6.18. The Kier molecular flexibility index (Phi) is 4.32. The molecule has 1 unspecified atom stereocenters. The molecule has 1 aliphatic carbocycles. The molecule has 0 bridgehead atoms. The van der Waals surface area contributed by atoms with E-state index in [1.54, 1.807) is 0 Å². The highest BCUT2D eigenvalue weighted by atomic mass is 15.2. The summed E-state index contributed by atoms with van der Waals surface area (Å²) in [6.07, 6.45) is 3.42. The minimum atomic E-state index is 0.123. The van der Waals surface area contributed by atoms with E-state index >= 15 is 0 Å². The van der Waals surface area contributed by atoms with E-state index in [-0.39, 0.29) is 5.54 Å². The summed E-state index contributed by atoms with van der Waals surface area (Å²) in [6, 6.07) is 9.38. The Morgan fingerprint density at radius 3 is 2.11 bits per heavy atom. The zero-order chi connectivity index (χ0) is 14.0. The lowest BCUT2D eigenvalue weighted by molar-refractivity contribution is 0.0821. The smallest absolute Gasteiger partial charge is 0.0412 e. The molecule has 1 aromatic carbocycles. The Hall–Kier alpha value is -0.860. The molecule has 0 aromatic heterocycles. The van der Waals surface area contributed by atoms with Crippen LogP contribution >= 0.6 is 0 Å². The van der Waals surface area contributed by atoms with Crippen molar-refractivity contribution in [1.29, 1.82) is 0 Å².